The maximum atomic E-state index is 12.7. The van der Waals surface area contributed by atoms with Crippen molar-refractivity contribution in [2.75, 3.05) is 0 Å². The van der Waals surface area contributed by atoms with Crippen LogP contribution in [0.3, 0.4) is 0 Å². The number of aryl methyl sites for hydroxylation is 2. The lowest BCUT2D eigenvalue weighted by Crippen LogP contribution is -2.17. The van der Waals surface area contributed by atoms with E-state index < -0.39 is 17.4 Å². The summed E-state index contributed by atoms with van der Waals surface area (Å²) in [7, 11) is 1.42. The van der Waals surface area contributed by atoms with Crippen LogP contribution < -0.4 is 5.69 Å². The highest BCUT2D eigenvalue weighted by molar-refractivity contribution is 5.56. The monoisotopic (exact) mass is 230 g/mol. The predicted molar refractivity (Wildman–Crippen MR) is 52.4 cm³/mol. The molecule has 86 valence electrons. The number of hydrogen-bond donors (Lipinski definition) is 0. The van der Waals surface area contributed by atoms with Gasteiger partial charge in [0, 0.05) is 19.4 Å². The molecule has 2 rings (SSSR count). The standard InChI is InChI=1S/C10H9F3N2O/c1-6-3-7(10(11,12)13)8-5-14(2)9(16)15(8)4-6/h3-5H,1-2H3. The van der Waals surface area contributed by atoms with E-state index in [1.807, 2.05) is 0 Å². The van der Waals surface area contributed by atoms with Gasteiger partial charge in [-0.05, 0) is 18.6 Å². The molecule has 0 bridgehead atoms. The van der Waals surface area contributed by atoms with E-state index in [1.165, 1.54) is 26.4 Å². The Labute approximate surface area is 88.7 Å². The summed E-state index contributed by atoms with van der Waals surface area (Å²) in [5, 5.41) is 0. The van der Waals surface area contributed by atoms with Crippen molar-refractivity contribution in [3.8, 4) is 0 Å². The number of rotatable bonds is 0. The van der Waals surface area contributed by atoms with Gasteiger partial charge >= 0.3 is 11.9 Å². The van der Waals surface area contributed by atoms with Crippen molar-refractivity contribution < 1.29 is 13.2 Å². The van der Waals surface area contributed by atoms with Crippen molar-refractivity contribution in [3.05, 3.63) is 40.1 Å². The van der Waals surface area contributed by atoms with E-state index in [0.29, 0.717) is 5.56 Å². The van der Waals surface area contributed by atoms with Crippen LogP contribution in [0.4, 0.5) is 13.2 Å². The molecule has 0 unspecified atom stereocenters. The van der Waals surface area contributed by atoms with Gasteiger partial charge in [-0.15, -0.1) is 0 Å². The van der Waals surface area contributed by atoms with Crippen LogP contribution in [0.2, 0.25) is 0 Å². The summed E-state index contributed by atoms with van der Waals surface area (Å²) in [6, 6.07) is 1.04. The van der Waals surface area contributed by atoms with Crippen LogP contribution in [0.5, 0.6) is 0 Å². The lowest BCUT2D eigenvalue weighted by molar-refractivity contribution is -0.136. The first-order chi connectivity index (χ1) is 7.30. The molecule has 3 nitrogen and oxygen atoms in total. The summed E-state index contributed by atoms with van der Waals surface area (Å²) in [6.45, 7) is 1.52. The van der Waals surface area contributed by atoms with E-state index in [9.17, 15) is 18.0 Å². The van der Waals surface area contributed by atoms with E-state index in [1.54, 1.807) is 0 Å². The minimum absolute atomic E-state index is 0.120. The third kappa shape index (κ3) is 1.50. The zero-order valence-electron chi connectivity index (χ0n) is 8.67. The largest absolute Gasteiger partial charge is 0.418 e. The maximum absolute atomic E-state index is 12.7. The number of halogens is 3. The molecule has 0 spiro atoms. The van der Waals surface area contributed by atoms with Crippen molar-refractivity contribution in [2.45, 2.75) is 13.1 Å². The molecule has 0 N–H and O–H groups in total. The Morgan fingerprint density at radius 2 is 1.88 bits per heavy atom. The molecular weight excluding hydrogens is 221 g/mol. The van der Waals surface area contributed by atoms with Crippen molar-refractivity contribution in [1.29, 1.82) is 0 Å². The third-order valence-corrected chi connectivity index (χ3v) is 2.37. The molecule has 6 heteroatoms. The van der Waals surface area contributed by atoms with Crippen LogP contribution in [0.25, 0.3) is 5.52 Å². The molecule has 2 heterocycles. The quantitative estimate of drug-likeness (QED) is 0.679. The van der Waals surface area contributed by atoms with E-state index >= 15 is 0 Å². The maximum Gasteiger partial charge on any atom is 0.418 e. The molecule has 0 aliphatic rings. The second-order valence-corrected chi connectivity index (χ2v) is 3.71. The first-order valence-electron chi connectivity index (χ1n) is 4.56. The zero-order valence-corrected chi connectivity index (χ0v) is 8.67. The van der Waals surface area contributed by atoms with Gasteiger partial charge in [0.05, 0.1) is 11.1 Å². The highest BCUT2D eigenvalue weighted by Gasteiger charge is 2.33. The number of alkyl halides is 3. The fraction of sp³-hybridized carbons (Fsp3) is 0.300. The SMILES string of the molecule is Cc1cc(C(F)(F)F)c2cn(C)c(=O)n2c1. The van der Waals surface area contributed by atoms with Gasteiger partial charge in [0.25, 0.3) is 0 Å². The number of pyridine rings is 1. The minimum Gasteiger partial charge on any atom is -0.301 e. The molecule has 16 heavy (non-hydrogen) atoms. The van der Waals surface area contributed by atoms with Gasteiger partial charge in [-0.2, -0.15) is 13.2 Å². The van der Waals surface area contributed by atoms with Gasteiger partial charge in [0.15, 0.2) is 0 Å². The van der Waals surface area contributed by atoms with Crippen LogP contribution >= 0.6 is 0 Å². The molecule has 2 aromatic rings. The molecular formula is C10H9F3N2O. The molecule has 2 aromatic heterocycles. The molecule has 0 radical (unpaired) electrons. The zero-order chi connectivity index (χ0) is 12.1. The van der Waals surface area contributed by atoms with Crippen LogP contribution in [-0.2, 0) is 13.2 Å². The second-order valence-electron chi connectivity index (χ2n) is 3.71. The second kappa shape index (κ2) is 3.13. The Hall–Kier alpha value is -1.72. The predicted octanol–water partition coefficient (Wildman–Crippen LogP) is 1.97. The summed E-state index contributed by atoms with van der Waals surface area (Å²) < 4.78 is 40.3. The molecule has 0 saturated heterocycles. The molecule has 0 aliphatic heterocycles. The molecule has 0 saturated carbocycles. The average Bonchev–Trinajstić information content (AvgIpc) is 2.42. The van der Waals surface area contributed by atoms with Crippen LogP contribution in [0, 0.1) is 6.92 Å². The van der Waals surface area contributed by atoms with E-state index in [2.05, 4.69) is 0 Å². The molecule has 0 atom stereocenters. The van der Waals surface area contributed by atoms with Crippen molar-refractivity contribution >= 4 is 5.52 Å². The number of nitrogens with zero attached hydrogens (tertiary/aromatic N) is 2. The van der Waals surface area contributed by atoms with Gasteiger partial charge in [0.2, 0.25) is 0 Å². The third-order valence-electron chi connectivity index (χ3n) is 2.37. The van der Waals surface area contributed by atoms with Gasteiger partial charge in [-0.3, -0.25) is 4.40 Å². The lowest BCUT2D eigenvalue weighted by Gasteiger charge is -2.09. The summed E-state index contributed by atoms with van der Waals surface area (Å²) >= 11 is 0. The van der Waals surface area contributed by atoms with Crippen molar-refractivity contribution in [2.24, 2.45) is 7.05 Å². The number of imidazole rings is 1. The Morgan fingerprint density at radius 3 is 2.44 bits per heavy atom. The van der Waals surface area contributed by atoms with Crippen LogP contribution in [-0.4, -0.2) is 8.97 Å². The van der Waals surface area contributed by atoms with E-state index in [0.717, 1.165) is 15.0 Å². The first kappa shape index (κ1) is 10.8. The lowest BCUT2D eigenvalue weighted by atomic mass is 10.2. The summed E-state index contributed by atoms with van der Waals surface area (Å²) in [5.74, 6) is 0. The van der Waals surface area contributed by atoms with Crippen LogP contribution in [0.1, 0.15) is 11.1 Å². The highest BCUT2D eigenvalue weighted by atomic mass is 19.4. The number of aromatic nitrogens is 2. The Morgan fingerprint density at radius 1 is 1.25 bits per heavy atom. The smallest absolute Gasteiger partial charge is 0.301 e. The average molecular weight is 230 g/mol. The number of fused-ring (bicyclic) bond motifs is 1. The van der Waals surface area contributed by atoms with Crippen LogP contribution in [0.15, 0.2) is 23.3 Å². The molecule has 0 aliphatic carbocycles. The molecule has 0 fully saturated rings. The minimum atomic E-state index is -4.45. The fourth-order valence-electron chi connectivity index (χ4n) is 1.67. The van der Waals surface area contributed by atoms with Gasteiger partial charge in [-0.1, -0.05) is 0 Å². The van der Waals surface area contributed by atoms with Crippen molar-refractivity contribution in [3.63, 3.8) is 0 Å². The Kier molecular flexibility index (Phi) is 2.11. The number of hydrogen-bond acceptors (Lipinski definition) is 1. The van der Waals surface area contributed by atoms with Gasteiger partial charge in [0.1, 0.15) is 0 Å². The summed E-state index contributed by atoms with van der Waals surface area (Å²) in [6.07, 6.45) is -1.87. The topological polar surface area (TPSA) is 26.4 Å². The Bertz CT molecular complexity index is 607. The van der Waals surface area contributed by atoms with E-state index in [4.69, 9.17) is 0 Å². The highest BCUT2D eigenvalue weighted by Crippen LogP contribution is 2.32. The van der Waals surface area contributed by atoms with Gasteiger partial charge < -0.3 is 4.57 Å². The normalized spacial score (nSPS) is 12.3. The van der Waals surface area contributed by atoms with Crippen molar-refractivity contribution in [1.82, 2.24) is 8.97 Å². The van der Waals surface area contributed by atoms with E-state index in [-0.39, 0.29) is 5.52 Å². The molecule has 0 amide bonds. The fourth-order valence-corrected chi connectivity index (χ4v) is 1.67. The first-order valence-corrected chi connectivity index (χ1v) is 4.56. The molecule has 0 aromatic carbocycles. The Balaban J connectivity index is 2.95. The van der Waals surface area contributed by atoms with Gasteiger partial charge in [-0.25, -0.2) is 4.79 Å². The summed E-state index contributed by atoms with van der Waals surface area (Å²) in [5.41, 5.74) is -0.992. The summed E-state index contributed by atoms with van der Waals surface area (Å²) in [4.78, 5) is 11.5.